The molecule has 3 aromatic rings. The maximum atomic E-state index is 12.9. The molecule has 0 unspecified atom stereocenters. The number of nitrogens with zero attached hydrogens (tertiary/aromatic N) is 4. The van der Waals surface area contributed by atoms with E-state index in [0.29, 0.717) is 12.4 Å². The van der Waals surface area contributed by atoms with Crippen LogP contribution in [-0.2, 0) is 6.54 Å². The van der Waals surface area contributed by atoms with E-state index < -0.39 is 0 Å². The Morgan fingerprint density at radius 1 is 1.00 bits per heavy atom. The van der Waals surface area contributed by atoms with Gasteiger partial charge in [0.25, 0.3) is 0 Å². The van der Waals surface area contributed by atoms with E-state index in [1.165, 1.54) is 16.9 Å². The number of hydrogen-bond acceptors (Lipinski definition) is 3. The van der Waals surface area contributed by atoms with E-state index >= 15 is 0 Å². The van der Waals surface area contributed by atoms with E-state index in [-0.39, 0.29) is 5.82 Å². The molecule has 0 amide bonds. The van der Waals surface area contributed by atoms with Crippen LogP contribution in [0.15, 0.2) is 53.0 Å². The Morgan fingerprint density at radius 2 is 1.70 bits per heavy atom. The number of hydrogen-bond donors (Lipinski definition) is 0. The predicted molar refractivity (Wildman–Crippen MR) is 76.5 cm³/mol. The highest BCUT2D eigenvalue weighted by molar-refractivity contribution is 9.10. The number of aromatic nitrogens is 4. The summed E-state index contributed by atoms with van der Waals surface area (Å²) in [5.41, 5.74) is 1.82. The first kappa shape index (κ1) is 12.9. The van der Waals surface area contributed by atoms with Crippen LogP contribution in [0.3, 0.4) is 0 Å². The summed E-state index contributed by atoms with van der Waals surface area (Å²) in [7, 11) is 0. The second-order valence-corrected chi connectivity index (χ2v) is 5.19. The molecule has 0 aliphatic heterocycles. The lowest BCUT2D eigenvalue weighted by molar-refractivity contribution is 0.573. The normalized spacial score (nSPS) is 10.7. The molecule has 0 fully saturated rings. The minimum Gasteiger partial charge on any atom is -0.207 e. The van der Waals surface area contributed by atoms with Crippen LogP contribution >= 0.6 is 15.9 Å². The number of benzene rings is 2. The molecular formula is C14H10BrFN4. The molecule has 0 atom stereocenters. The number of rotatable bonds is 3. The Labute approximate surface area is 123 Å². The standard InChI is InChI=1S/C14H10BrFN4/c15-12-5-1-10(2-6-12)9-20-18-14(17-19-20)11-3-7-13(16)8-4-11/h1-8H,9H2. The van der Waals surface area contributed by atoms with Crippen LogP contribution < -0.4 is 0 Å². The van der Waals surface area contributed by atoms with Crippen molar-refractivity contribution in [1.82, 2.24) is 20.2 Å². The molecule has 0 spiro atoms. The summed E-state index contributed by atoms with van der Waals surface area (Å²) in [5.74, 6) is 0.207. The SMILES string of the molecule is Fc1ccc(-c2nnn(Cc3ccc(Br)cc3)n2)cc1. The van der Waals surface area contributed by atoms with Crippen LogP contribution in [0.4, 0.5) is 4.39 Å². The molecule has 20 heavy (non-hydrogen) atoms. The third-order valence-corrected chi connectivity index (χ3v) is 3.32. The monoisotopic (exact) mass is 332 g/mol. The van der Waals surface area contributed by atoms with Gasteiger partial charge in [-0.2, -0.15) is 4.80 Å². The van der Waals surface area contributed by atoms with E-state index in [1.54, 1.807) is 12.1 Å². The fourth-order valence-corrected chi connectivity index (χ4v) is 2.04. The van der Waals surface area contributed by atoms with Gasteiger partial charge in [0, 0.05) is 10.0 Å². The van der Waals surface area contributed by atoms with E-state index in [4.69, 9.17) is 0 Å². The van der Waals surface area contributed by atoms with Gasteiger partial charge >= 0.3 is 0 Å². The lowest BCUT2D eigenvalue weighted by atomic mass is 10.2. The zero-order chi connectivity index (χ0) is 13.9. The van der Waals surface area contributed by atoms with Crippen LogP contribution in [0.5, 0.6) is 0 Å². The molecule has 2 aromatic carbocycles. The average Bonchev–Trinajstić information content (AvgIpc) is 2.91. The summed E-state index contributed by atoms with van der Waals surface area (Å²) in [6.07, 6.45) is 0. The molecular weight excluding hydrogens is 323 g/mol. The quantitative estimate of drug-likeness (QED) is 0.739. The molecule has 6 heteroatoms. The molecule has 0 radical (unpaired) electrons. The summed E-state index contributed by atoms with van der Waals surface area (Å²) >= 11 is 3.39. The van der Waals surface area contributed by atoms with Crippen LogP contribution in [0.25, 0.3) is 11.4 Å². The van der Waals surface area contributed by atoms with Crippen molar-refractivity contribution in [3.63, 3.8) is 0 Å². The second-order valence-electron chi connectivity index (χ2n) is 4.28. The smallest absolute Gasteiger partial charge is 0.204 e. The van der Waals surface area contributed by atoms with E-state index in [0.717, 1.165) is 15.6 Å². The van der Waals surface area contributed by atoms with Crippen molar-refractivity contribution < 1.29 is 4.39 Å². The molecule has 0 bridgehead atoms. The van der Waals surface area contributed by atoms with Crippen molar-refractivity contribution in [3.8, 4) is 11.4 Å². The minimum absolute atomic E-state index is 0.281. The average molecular weight is 333 g/mol. The molecule has 0 aliphatic carbocycles. The lowest BCUT2D eigenvalue weighted by Gasteiger charge is -1.99. The first-order chi connectivity index (χ1) is 9.70. The van der Waals surface area contributed by atoms with Crippen LogP contribution in [0.2, 0.25) is 0 Å². The summed E-state index contributed by atoms with van der Waals surface area (Å²) in [6, 6.07) is 13.9. The first-order valence-corrected chi connectivity index (χ1v) is 6.78. The van der Waals surface area contributed by atoms with Crippen LogP contribution in [0, 0.1) is 5.82 Å². The van der Waals surface area contributed by atoms with Gasteiger partial charge in [0.15, 0.2) is 0 Å². The molecule has 3 rings (SSSR count). The second kappa shape index (κ2) is 5.50. The largest absolute Gasteiger partial charge is 0.207 e. The molecule has 100 valence electrons. The Morgan fingerprint density at radius 3 is 2.40 bits per heavy atom. The van der Waals surface area contributed by atoms with Gasteiger partial charge < -0.3 is 0 Å². The summed E-state index contributed by atoms with van der Waals surface area (Å²) < 4.78 is 13.9. The molecule has 1 heterocycles. The lowest BCUT2D eigenvalue weighted by Crippen LogP contribution is -2.03. The molecule has 0 aliphatic rings. The molecule has 4 nitrogen and oxygen atoms in total. The van der Waals surface area contributed by atoms with Gasteiger partial charge in [-0.15, -0.1) is 10.2 Å². The zero-order valence-corrected chi connectivity index (χ0v) is 12.0. The maximum Gasteiger partial charge on any atom is 0.204 e. The van der Waals surface area contributed by atoms with Crippen molar-refractivity contribution in [1.29, 1.82) is 0 Å². The molecule has 0 saturated heterocycles. The number of halogens is 2. The number of tetrazole rings is 1. The third-order valence-electron chi connectivity index (χ3n) is 2.79. The highest BCUT2D eigenvalue weighted by atomic mass is 79.9. The van der Waals surface area contributed by atoms with E-state index in [9.17, 15) is 4.39 Å². The maximum absolute atomic E-state index is 12.9. The third kappa shape index (κ3) is 2.91. The fraction of sp³-hybridized carbons (Fsp3) is 0.0714. The Kier molecular flexibility index (Phi) is 3.56. The molecule has 0 saturated carbocycles. The zero-order valence-electron chi connectivity index (χ0n) is 10.4. The Hall–Kier alpha value is -2.08. The van der Waals surface area contributed by atoms with Crippen molar-refractivity contribution >= 4 is 15.9 Å². The molecule has 0 N–H and O–H groups in total. The highest BCUT2D eigenvalue weighted by Gasteiger charge is 2.06. The van der Waals surface area contributed by atoms with Gasteiger partial charge in [-0.1, -0.05) is 28.1 Å². The summed E-state index contributed by atoms with van der Waals surface area (Å²) in [6.45, 7) is 0.543. The first-order valence-electron chi connectivity index (χ1n) is 5.99. The van der Waals surface area contributed by atoms with Gasteiger partial charge in [-0.25, -0.2) is 4.39 Å². The van der Waals surface area contributed by atoms with Gasteiger partial charge in [0.1, 0.15) is 5.82 Å². The van der Waals surface area contributed by atoms with E-state index in [2.05, 4.69) is 31.3 Å². The van der Waals surface area contributed by atoms with Gasteiger partial charge in [0.05, 0.1) is 6.54 Å². The summed E-state index contributed by atoms with van der Waals surface area (Å²) in [4.78, 5) is 1.52. The Bertz CT molecular complexity index is 707. The highest BCUT2D eigenvalue weighted by Crippen LogP contribution is 2.15. The van der Waals surface area contributed by atoms with E-state index in [1.807, 2.05) is 24.3 Å². The van der Waals surface area contributed by atoms with Crippen molar-refractivity contribution in [2.45, 2.75) is 6.54 Å². The van der Waals surface area contributed by atoms with Crippen LogP contribution in [-0.4, -0.2) is 20.2 Å². The van der Waals surface area contributed by atoms with Gasteiger partial charge in [-0.3, -0.25) is 0 Å². The predicted octanol–water partition coefficient (Wildman–Crippen LogP) is 3.29. The van der Waals surface area contributed by atoms with Gasteiger partial charge in [0.2, 0.25) is 5.82 Å². The summed E-state index contributed by atoms with van der Waals surface area (Å²) in [5, 5.41) is 12.3. The Balaban J connectivity index is 1.80. The van der Waals surface area contributed by atoms with Gasteiger partial charge in [-0.05, 0) is 47.2 Å². The van der Waals surface area contributed by atoms with Crippen LogP contribution in [0.1, 0.15) is 5.56 Å². The fourth-order valence-electron chi connectivity index (χ4n) is 1.78. The molecule has 1 aromatic heterocycles. The van der Waals surface area contributed by atoms with Crippen molar-refractivity contribution in [2.75, 3.05) is 0 Å². The minimum atomic E-state index is -0.281. The van der Waals surface area contributed by atoms with Crippen molar-refractivity contribution in [2.24, 2.45) is 0 Å². The van der Waals surface area contributed by atoms with Crippen molar-refractivity contribution in [3.05, 3.63) is 64.4 Å². The topological polar surface area (TPSA) is 43.6 Å².